The fourth-order valence-electron chi connectivity index (χ4n) is 2.84. The van der Waals surface area contributed by atoms with Crippen LogP contribution in [0.3, 0.4) is 0 Å². The second-order valence-corrected chi connectivity index (χ2v) is 7.52. The molecule has 1 fully saturated rings. The molecule has 22 heavy (non-hydrogen) atoms. The van der Waals surface area contributed by atoms with Gasteiger partial charge >= 0.3 is 0 Å². The highest BCUT2D eigenvalue weighted by atomic mass is 32.2. The van der Waals surface area contributed by atoms with Crippen LogP contribution < -0.4 is 4.72 Å². The molecule has 0 saturated carbocycles. The molecule has 0 bridgehead atoms. The van der Waals surface area contributed by atoms with E-state index in [1.807, 2.05) is 7.05 Å². The van der Waals surface area contributed by atoms with Crippen LogP contribution in [0.4, 0.5) is 5.69 Å². The van der Waals surface area contributed by atoms with Crippen molar-refractivity contribution < 1.29 is 13.3 Å². The normalized spacial score (nSPS) is 20.0. The van der Waals surface area contributed by atoms with Crippen LogP contribution in [-0.2, 0) is 10.0 Å². The summed E-state index contributed by atoms with van der Waals surface area (Å²) < 4.78 is 27.4. The van der Waals surface area contributed by atoms with Crippen LogP contribution in [0.5, 0.6) is 0 Å². The molecule has 1 heterocycles. The van der Waals surface area contributed by atoms with E-state index in [1.165, 1.54) is 25.1 Å². The Labute approximate surface area is 130 Å². The predicted molar refractivity (Wildman–Crippen MR) is 83.2 cm³/mol. The molecule has 0 radical (unpaired) electrons. The third kappa shape index (κ3) is 3.82. The second-order valence-electron chi connectivity index (χ2n) is 5.78. The molecular formula is C14H21N3O4S. The third-order valence-electron chi connectivity index (χ3n) is 4.03. The van der Waals surface area contributed by atoms with Crippen LogP contribution in [0.1, 0.15) is 18.4 Å². The predicted octanol–water partition coefficient (Wildman–Crippen LogP) is 1.52. The molecule has 1 saturated heterocycles. The Kier molecular flexibility index (Phi) is 5.15. The number of hydrogen-bond donors (Lipinski definition) is 1. The van der Waals surface area contributed by atoms with Crippen molar-refractivity contribution in [3.63, 3.8) is 0 Å². The van der Waals surface area contributed by atoms with Crippen molar-refractivity contribution >= 4 is 15.7 Å². The standard InChI is InChI=1S/C14H21N3O4S/c1-11-13(17(18)19)6-3-7-14(11)22(20,21)15-9-12-5-4-8-16(2)10-12/h3,6-7,12,15H,4-5,8-10H2,1-2H3. The van der Waals surface area contributed by atoms with Gasteiger partial charge in [0.15, 0.2) is 0 Å². The summed E-state index contributed by atoms with van der Waals surface area (Å²) in [7, 11) is -1.72. The summed E-state index contributed by atoms with van der Waals surface area (Å²) in [6.07, 6.45) is 2.04. The lowest BCUT2D eigenvalue weighted by Gasteiger charge is -2.29. The van der Waals surface area contributed by atoms with Crippen molar-refractivity contribution in [2.24, 2.45) is 5.92 Å². The largest absolute Gasteiger partial charge is 0.306 e. The minimum absolute atomic E-state index is 0.0223. The molecule has 1 aromatic carbocycles. The number of sulfonamides is 1. The molecule has 1 unspecified atom stereocenters. The molecule has 122 valence electrons. The van der Waals surface area contributed by atoms with Crippen LogP contribution in [0.15, 0.2) is 23.1 Å². The average molecular weight is 327 g/mol. The Hall–Kier alpha value is -1.51. The van der Waals surface area contributed by atoms with E-state index in [4.69, 9.17) is 0 Å². The number of rotatable bonds is 5. The minimum Gasteiger partial charge on any atom is -0.306 e. The number of hydrogen-bond acceptors (Lipinski definition) is 5. The number of nitro groups is 1. The van der Waals surface area contributed by atoms with Crippen molar-refractivity contribution in [1.82, 2.24) is 9.62 Å². The number of piperidine rings is 1. The van der Waals surface area contributed by atoms with Gasteiger partial charge in [-0.15, -0.1) is 0 Å². The van der Waals surface area contributed by atoms with Gasteiger partial charge in [0, 0.05) is 24.7 Å². The molecule has 7 nitrogen and oxygen atoms in total. The Bertz CT molecular complexity index is 660. The van der Waals surface area contributed by atoms with Gasteiger partial charge in [0.2, 0.25) is 10.0 Å². The molecule has 0 aliphatic carbocycles. The quantitative estimate of drug-likeness (QED) is 0.654. The van der Waals surface area contributed by atoms with Gasteiger partial charge in [-0.25, -0.2) is 13.1 Å². The van der Waals surface area contributed by atoms with Crippen LogP contribution >= 0.6 is 0 Å². The fraction of sp³-hybridized carbons (Fsp3) is 0.571. The number of benzene rings is 1. The first kappa shape index (κ1) is 16.9. The van der Waals surface area contributed by atoms with Gasteiger partial charge in [0.1, 0.15) is 0 Å². The summed E-state index contributed by atoms with van der Waals surface area (Å²) in [6, 6.07) is 4.11. The highest BCUT2D eigenvalue weighted by Gasteiger charge is 2.24. The van der Waals surface area contributed by atoms with Gasteiger partial charge in [0.25, 0.3) is 5.69 Å². The van der Waals surface area contributed by atoms with Crippen molar-refractivity contribution in [3.8, 4) is 0 Å². The SMILES string of the molecule is Cc1c([N+](=O)[O-])cccc1S(=O)(=O)NCC1CCCN(C)C1. The summed E-state index contributed by atoms with van der Waals surface area (Å²) >= 11 is 0. The topological polar surface area (TPSA) is 92.5 Å². The summed E-state index contributed by atoms with van der Waals surface area (Å²) in [4.78, 5) is 12.5. The molecule has 1 aromatic rings. The lowest BCUT2D eigenvalue weighted by atomic mass is 9.99. The van der Waals surface area contributed by atoms with Crippen molar-refractivity contribution in [2.75, 3.05) is 26.7 Å². The summed E-state index contributed by atoms with van der Waals surface area (Å²) in [5.74, 6) is 0.271. The van der Waals surface area contributed by atoms with E-state index in [1.54, 1.807) is 0 Å². The van der Waals surface area contributed by atoms with Gasteiger partial charge in [-0.3, -0.25) is 10.1 Å². The number of nitro benzene ring substituents is 1. The maximum Gasteiger partial charge on any atom is 0.273 e. The summed E-state index contributed by atoms with van der Waals surface area (Å²) in [5, 5.41) is 10.9. The van der Waals surface area contributed by atoms with E-state index in [0.717, 1.165) is 25.9 Å². The first-order chi connectivity index (χ1) is 10.3. The molecule has 8 heteroatoms. The summed E-state index contributed by atoms with van der Waals surface area (Å²) in [5.41, 5.74) is -0.0129. The zero-order valence-electron chi connectivity index (χ0n) is 12.8. The van der Waals surface area contributed by atoms with E-state index >= 15 is 0 Å². The fourth-order valence-corrected chi connectivity index (χ4v) is 4.21. The van der Waals surface area contributed by atoms with Crippen LogP contribution in [0.25, 0.3) is 0 Å². The van der Waals surface area contributed by atoms with Gasteiger partial charge in [0.05, 0.1) is 9.82 Å². The molecule has 2 rings (SSSR count). The Morgan fingerprint density at radius 1 is 1.45 bits per heavy atom. The van der Waals surface area contributed by atoms with Crippen molar-refractivity contribution in [1.29, 1.82) is 0 Å². The molecule has 0 aromatic heterocycles. The molecule has 1 atom stereocenters. The van der Waals surface area contributed by atoms with Crippen LogP contribution in [0, 0.1) is 23.0 Å². The zero-order chi connectivity index (χ0) is 16.3. The zero-order valence-corrected chi connectivity index (χ0v) is 13.6. The maximum atomic E-state index is 12.4. The van der Waals surface area contributed by atoms with E-state index in [0.29, 0.717) is 6.54 Å². The Morgan fingerprint density at radius 2 is 2.18 bits per heavy atom. The first-order valence-electron chi connectivity index (χ1n) is 7.23. The smallest absolute Gasteiger partial charge is 0.273 e. The van der Waals surface area contributed by atoms with Crippen molar-refractivity contribution in [3.05, 3.63) is 33.9 Å². The molecule has 1 N–H and O–H groups in total. The maximum absolute atomic E-state index is 12.4. The van der Waals surface area contributed by atoms with E-state index in [2.05, 4.69) is 9.62 Å². The molecule has 0 amide bonds. The highest BCUT2D eigenvalue weighted by molar-refractivity contribution is 7.89. The monoisotopic (exact) mass is 327 g/mol. The van der Waals surface area contributed by atoms with E-state index < -0.39 is 14.9 Å². The van der Waals surface area contributed by atoms with Crippen LogP contribution in [0.2, 0.25) is 0 Å². The Morgan fingerprint density at radius 3 is 2.82 bits per heavy atom. The number of nitrogens with one attached hydrogen (secondary N) is 1. The Balaban J connectivity index is 2.13. The van der Waals surface area contributed by atoms with Gasteiger partial charge in [-0.2, -0.15) is 0 Å². The molecule has 1 aliphatic heterocycles. The second kappa shape index (κ2) is 6.72. The first-order valence-corrected chi connectivity index (χ1v) is 8.72. The van der Waals surface area contributed by atoms with E-state index in [-0.39, 0.29) is 22.1 Å². The van der Waals surface area contributed by atoms with Crippen molar-refractivity contribution in [2.45, 2.75) is 24.7 Å². The highest BCUT2D eigenvalue weighted by Crippen LogP contribution is 2.25. The molecular weight excluding hydrogens is 306 g/mol. The van der Waals surface area contributed by atoms with Gasteiger partial charge in [-0.1, -0.05) is 6.07 Å². The van der Waals surface area contributed by atoms with E-state index in [9.17, 15) is 18.5 Å². The average Bonchev–Trinajstić information content (AvgIpc) is 2.45. The number of likely N-dealkylation sites (tertiary alicyclic amines) is 1. The summed E-state index contributed by atoms with van der Waals surface area (Å²) in [6.45, 7) is 3.71. The molecule has 1 aliphatic rings. The lowest BCUT2D eigenvalue weighted by molar-refractivity contribution is -0.385. The van der Waals surface area contributed by atoms with Gasteiger partial charge < -0.3 is 4.90 Å². The van der Waals surface area contributed by atoms with Crippen LogP contribution in [-0.4, -0.2) is 44.9 Å². The third-order valence-corrected chi connectivity index (χ3v) is 5.59. The molecule has 0 spiro atoms. The van der Waals surface area contributed by atoms with Gasteiger partial charge in [-0.05, 0) is 45.3 Å². The minimum atomic E-state index is -3.74. The lowest BCUT2D eigenvalue weighted by Crippen LogP contribution is -2.39. The number of nitrogens with zero attached hydrogens (tertiary/aromatic N) is 2.